The predicted octanol–water partition coefficient (Wildman–Crippen LogP) is 3.01. The fourth-order valence-corrected chi connectivity index (χ4v) is 3.23. The molecule has 2 aromatic rings. The zero-order valence-corrected chi connectivity index (χ0v) is 15.2. The van der Waals surface area contributed by atoms with Crippen molar-refractivity contribution in [3.05, 3.63) is 63.6 Å². The Bertz CT molecular complexity index is 837. The Morgan fingerprint density at radius 3 is 2.29 bits per heavy atom. The molecule has 8 heteroatoms. The number of benzene rings is 2. The van der Waals surface area contributed by atoms with Gasteiger partial charge in [0.05, 0.1) is 14.9 Å². The van der Waals surface area contributed by atoms with Gasteiger partial charge in [0.15, 0.2) is 0 Å². The molecule has 0 fully saturated rings. The third-order valence-corrected chi connectivity index (χ3v) is 5.43. The van der Waals surface area contributed by atoms with Gasteiger partial charge in [-0.25, -0.2) is 13.1 Å². The highest BCUT2D eigenvalue weighted by atomic mass is 35.5. The van der Waals surface area contributed by atoms with Gasteiger partial charge in [-0.15, -0.1) is 0 Å². The smallest absolute Gasteiger partial charge is 0.251 e. The Kier molecular flexibility index (Phi) is 6.23. The van der Waals surface area contributed by atoms with Crippen LogP contribution in [-0.4, -0.2) is 27.4 Å². The lowest BCUT2D eigenvalue weighted by molar-refractivity contribution is 0.0954. The number of amides is 1. The van der Waals surface area contributed by atoms with Crippen molar-refractivity contribution in [2.75, 3.05) is 13.1 Å². The highest BCUT2D eigenvalue weighted by Crippen LogP contribution is 2.22. The monoisotopic (exact) mass is 386 g/mol. The molecule has 2 rings (SSSR count). The fourth-order valence-electron chi connectivity index (χ4n) is 1.90. The maximum atomic E-state index is 12.1. The van der Waals surface area contributed by atoms with Gasteiger partial charge < -0.3 is 5.32 Å². The largest absolute Gasteiger partial charge is 0.351 e. The molecule has 0 aromatic heterocycles. The lowest BCUT2D eigenvalue weighted by Crippen LogP contribution is -2.34. The third-order valence-electron chi connectivity index (χ3n) is 3.22. The van der Waals surface area contributed by atoms with Crippen LogP contribution in [0.1, 0.15) is 15.9 Å². The number of halogens is 2. The molecular formula is C16H16Cl2N2O3S. The van der Waals surface area contributed by atoms with Crippen LogP contribution in [-0.2, 0) is 10.0 Å². The average molecular weight is 387 g/mol. The summed E-state index contributed by atoms with van der Waals surface area (Å²) in [5.74, 6) is -0.358. The summed E-state index contributed by atoms with van der Waals surface area (Å²) >= 11 is 11.6. The quantitative estimate of drug-likeness (QED) is 0.749. The molecule has 0 aliphatic carbocycles. The number of hydrogen-bond acceptors (Lipinski definition) is 3. The lowest BCUT2D eigenvalue weighted by Gasteiger charge is -2.09. The van der Waals surface area contributed by atoms with Gasteiger partial charge in [-0.1, -0.05) is 40.9 Å². The van der Waals surface area contributed by atoms with E-state index < -0.39 is 10.0 Å². The second-order valence-electron chi connectivity index (χ2n) is 5.10. The second-order valence-corrected chi connectivity index (χ2v) is 7.68. The average Bonchev–Trinajstić information content (AvgIpc) is 2.54. The van der Waals surface area contributed by atoms with Crippen LogP contribution in [0, 0.1) is 6.92 Å². The summed E-state index contributed by atoms with van der Waals surface area (Å²) in [4.78, 5) is 12.1. The molecule has 1 amide bonds. The van der Waals surface area contributed by atoms with Gasteiger partial charge in [0.1, 0.15) is 0 Å². The summed E-state index contributed by atoms with van der Waals surface area (Å²) in [6, 6.07) is 11.0. The van der Waals surface area contributed by atoms with Crippen LogP contribution in [0.5, 0.6) is 0 Å². The van der Waals surface area contributed by atoms with Crippen molar-refractivity contribution in [3.8, 4) is 0 Å². The van der Waals surface area contributed by atoms with Gasteiger partial charge in [0, 0.05) is 18.7 Å². The lowest BCUT2D eigenvalue weighted by atomic mass is 10.2. The highest BCUT2D eigenvalue weighted by Gasteiger charge is 2.13. The molecule has 0 bridgehead atoms. The minimum absolute atomic E-state index is 0.0727. The van der Waals surface area contributed by atoms with E-state index in [1.54, 1.807) is 18.2 Å². The summed E-state index contributed by atoms with van der Waals surface area (Å²) in [6.07, 6.45) is 0. The number of nitrogens with one attached hydrogen (secondary N) is 2. The molecule has 24 heavy (non-hydrogen) atoms. The van der Waals surface area contributed by atoms with Crippen molar-refractivity contribution >= 4 is 39.1 Å². The first-order valence-corrected chi connectivity index (χ1v) is 9.33. The van der Waals surface area contributed by atoms with Gasteiger partial charge in [0.25, 0.3) is 5.91 Å². The number of hydrogen-bond donors (Lipinski definition) is 2. The summed E-state index contributed by atoms with van der Waals surface area (Å²) in [5, 5.41) is 3.25. The number of sulfonamides is 1. The molecule has 128 valence electrons. The van der Waals surface area contributed by atoms with Crippen LogP contribution in [0.25, 0.3) is 0 Å². The Morgan fingerprint density at radius 1 is 1.00 bits per heavy atom. The Hall–Kier alpha value is -1.60. The molecule has 0 radical (unpaired) electrons. The fraction of sp³-hybridized carbons (Fsp3) is 0.188. The van der Waals surface area contributed by atoms with Gasteiger partial charge in [-0.2, -0.15) is 0 Å². The molecule has 0 spiro atoms. The minimum Gasteiger partial charge on any atom is -0.351 e. The van der Waals surface area contributed by atoms with Crippen molar-refractivity contribution in [1.82, 2.24) is 10.0 Å². The Labute approximate surface area is 151 Å². The van der Waals surface area contributed by atoms with E-state index in [0.29, 0.717) is 10.6 Å². The van der Waals surface area contributed by atoms with Crippen LogP contribution in [0.4, 0.5) is 0 Å². The van der Waals surface area contributed by atoms with Crippen molar-refractivity contribution in [2.24, 2.45) is 0 Å². The standard InChI is InChI=1S/C16H16Cl2N2O3S/c1-11-2-5-13(6-3-11)24(22,23)20-9-8-19-16(21)12-4-7-14(17)15(18)10-12/h2-7,10,20H,8-9H2,1H3,(H,19,21). The van der Waals surface area contributed by atoms with Gasteiger partial charge >= 0.3 is 0 Å². The first kappa shape index (κ1) is 18.7. The Balaban J connectivity index is 1.86. The molecule has 0 saturated heterocycles. The minimum atomic E-state index is -3.59. The van der Waals surface area contributed by atoms with E-state index in [9.17, 15) is 13.2 Å². The summed E-state index contributed by atoms with van der Waals surface area (Å²) < 4.78 is 26.6. The Morgan fingerprint density at radius 2 is 1.67 bits per heavy atom. The zero-order chi connectivity index (χ0) is 17.7. The van der Waals surface area contributed by atoms with E-state index in [-0.39, 0.29) is 28.9 Å². The van der Waals surface area contributed by atoms with Crippen LogP contribution < -0.4 is 10.0 Å². The van der Waals surface area contributed by atoms with E-state index in [1.165, 1.54) is 24.3 Å². The number of rotatable bonds is 6. The van der Waals surface area contributed by atoms with Crippen LogP contribution in [0.3, 0.4) is 0 Å². The van der Waals surface area contributed by atoms with Crippen molar-refractivity contribution < 1.29 is 13.2 Å². The zero-order valence-electron chi connectivity index (χ0n) is 12.8. The number of aryl methyl sites for hydroxylation is 1. The number of carbonyl (C=O) groups is 1. The predicted molar refractivity (Wildman–Crippen MR) is 95.2 cm³/mol. The third kappa shape index (κ3) is 4.95. The van der Waals surface area contributed by atoms with E-state index in [4.69, 9.17) is 23.2 Å². The van der Waals surface area contributed by atoms with Crippen LogP contribution in [0.2, 0.25) is 10.0 Å². The first-order chi connectivity index (χ1) is 11.3. The molecule has 5 nitrogen and oxygen atoms in total. The maximum absolute atomic E-state index is 12.1. The number of carbonyl (C=O) groups excluding carboxylic acids is 1. The van der Waals surface area contributed by atoms with Crippen LogP contribution >= 0.6 is 23.2 Å². The summed E-state index contributed by atoms with van der Waals surface area (Å²) in [7, 11) is -3.59. The molecule has 2 aromatic carbocycles. The van der Waals surface area contributed by atoms with E-state index in [2.05, 4.69) is 10.0 Å². The molecule has 0 unspecified atom stereocenters. The van der Waals surface area contributed by atoms with E-state index >= 15 is 0 Å². The normalized spacial score (nSPS) is 11.3. The topological polar surface area (TPSA) is 75.3 Å². The first-order valence-electron chi connectivity index (χ1n) is 7.09. The molecule has 0 heterocycles. The molecule has 0 aliphatic heterocycles. The SMILES string of the molecule is Cc1ccc(S(=O)(=O)NCCNC(=O)c2ccc(Cl)c(Cl)c2)cc1. The highest BCUT2D eigenvalue weighted by molar-refractivity contribution is 7.89. The van der Waals surface area contributed by atoms with Crippen LogP contribution in [0.15, 0.2) is 47.4 Å². The summed E-state index contributed by atoms with van der Waals surface area (Å²) in [5.41, 5.74) is 1.33. The second kappa shape index (κ2) is 7.98. The van der Waals surface area contributed by atoms with Crippen molar-refractivity contribution in [3.63, 3.8) is 0 Å². The van der Waals surface area contributed by atoms with Crippen molar-refractivity contribution in [1.29, 1.82) is 0 Å². The maximum Gasteiger partial charge on any atom is 0.251 e. The summed E-state index contributed by atoms with van der Waals surface area (Å²) in [6.45, 7) is 2.09. The molecule has 2 N–H and O–H groups in total. The molecule has 0 saturated carbocycles. The molecule has 0 aliphatic rings. The van der Waals surface area contributed by atoms with Crippen molar-refractivity contribution in [2.45, 2.75) is 11.8 Å². The van der Waals surface area contributed by atoms with E-state index in [0.717, 1.165) is 5.56 Å². The van der Waals surface area contributed by atoms with Gasteiger partial charge in [0.2, 0.25) is 10.0 Å². The molecule has 0 atom stereocenters. The molecular weight excluding hydrogens is 371 g/mol. The van der Waals surface area contributed by atoms with Gasteiger partial charge in [-0.05, 0) is 37.3 Å². The van der Waals surface area contributed by atoms with E-state index in [1.807, 2.05) is 6.92 Å². The van der Waals surface area contributed by atoms with Gasteiger partial charge in [-0.3, -0.25) is 4.79 Å².